The van der Waals surface area contributed by atoms with E-state index in [1.165, 1.54) is 105 Å². The lowest BCUT2D eigenvalue weighted by Gasteiger charge is -2.18. The number of oxazole rings is 3. The summed E-state index contributed by atoms with van der Waals surface area (Å²) in [6.07, 6.45) is 1.08. The van der Waals surface area contributed by atoms with Crippen LogP contribution in [0.5, 0.6) is 0 Å². The van der Waals surface area contributed by atoms with Crippen molar-refractivity contribution in [2.24, 2.45) is 0 Å². The highest BCUT2D eigenvalue weighted by atomic mass is 32.1. The van der Waals surface area contributed by atoms with Gasteiger partial charge in [0.1, 0.15) is 16.6 Å². The highest BCUT2D eigenvalue weighted by Gasteiger charge is 2.23. The first-order valence-corrected chi connectivity index (χ1v) is 35.8. The summed E-state index contributed by atoms with van der Waals surface area (Å²) in [5, 5.41) is 7.93. The molecule has 0 aliphatic heterocycles. The number of para-hydroxylation sites is 3. The number of fused-ring (bicyclic) bond motifs is 12. The Hall–Kier alpha value is -11.1. The van der Waals surface area contributed by atoms with Crippen LogP contribution < -0.4 is 0 Å². The molecule has 19 aromatic rings. The Morgan fingerprint density at radius 1 is 0.327 bits per heavy atom. The zero-order valence-corrected chi connectivity index (χ0v) is 57.2. The Kier molecular flexibility index (Phi) is 15.6. The van der Waals surface area contributed by atoms with Gasteiger partial charge in [-0.25, -0.2) is 15.0 Å². The second-order valence-corrected chi connectivity index (χ2v) is 29.2. The van der Waals surface area contributed by atoms with Crippen molar-refractivity contribution in [2.45, 2.75) is 52.4 Å². The van der Waals surface area contributed by atoms with Crippen LogP contribution in [0, 0.1) is 0 Å². The predicted octanol–water partition coefficient (Wildman–Crippen LogP) is 27.1. The molecule has 1 unspecified atom stereocenters. The van der Waals surface area contributed by atoms with Gasteiger partial charge < -0.3 is 13.3 Å². The molecule has 6 heterocycles. The molecule has 0 spiro atoms. The maximum atomic E-state index is 6.26. The third-order valence-corrected chi connectivity index (χ3v) is 22.5. The van der Waals surface area contributed by atoms with Crippen molar-refractivity contribution >= 4 is 128 Å². The van der Waals surface area contributed by atoms with Gasteiger partial charge in [-0.15, -0.1) is 34.0 Å². The van der Waals surface area contributed by atoms with E-state index in [0.717, 1.165) is 67.5 Å². The van der Waals surface area contributed by atoms with Gasteiger partial charge in [0.05, 0.1) is 0 Å². The second kappa shape index (κ2) is 25.2. The van der Waals surface area contributed by atoms with Gasteiger partial charge in [-0.3, -0.25) is 0 Å². The van der Waals surface area contributed by atoms with E-state index in [9.17, 15) is 0 Å². The van der Waals surface area contributed by atoms with Crippen LogP contribution in [0.2, 0.25) is 0 Å². The first-order chi connectivity index (χ1) is 48.1. The van der Waals surface area contributed by atoms with E-state index >= 15 is 0 Å². The van der Waals surface area contributed by atoms with Gasteiger partial charge in [0, 0.05) is 88.3 Å². The third kappa shape index (κ3) is 11.1. The van der Waals surface area contributed by atoms with Gasteiger partial charge in [-0.1, -0.05) is 247 Å². The van der Waals surface area contributed by atoms with Crippen molar-refractivity contribution in [3.63, 3.8) is 0 Å². The number of thiophene rings is 3. The number of aromatic nitrogens is 3. The van der Waals surface area contributed by atoms with E-state index in [2.05, 4.69) is 277 Å². The summed E-state index contributed by atoms with van der Waals surface area (Å²) in [4.78, 5) is 14.4. The number of nitrogens with zero attached hydrogens (tertiary/aromatic N) is 3. The largest absolute Gasteiger partial charge is 0.436 e. The molecule has 0 radical (unpaired) electrons. The standard InChI is InChI=1S/C31H19NOS.2C29H23NOS/c1-2-8-20(9-3-1)23-11-7-14-27-29(23)32-31(33-27)22-18-16-21(17-19-22)24-12-6-13-26-25-10-4-5-15-28(25)34-30(24)26;1-29(2,3)23-11-7-12-24-26(23)31-28(30-24)19-16-14-18(15-17-19)20-9-6-10-22-21-8-4-5-13-25(21)32-27(20)22;1-3-18(2)21-9-7-12-25-27(21)31-29(30-25)20-16-14-19(15-17-20)22-10-6-11-24-23-8-4-5-13-26(23)32-28(22)24/h1-19H;4-17H,1-3H3;4-18H,3H2,1-2H3. The molecular weight excluding hydrogens is 1260 g/mol. The molecule has 98 heavy (non-hydrogen) atoms. The number of hydrogen-bond acceptors (Lipinski definition) is 9. The maximum Gasteiger partial charge on any atom is 0.227 e. The normalized spacial score (nSPS) is 12.1. The fourth-order valence-corrected chi connectivity index (χ4v) is 17.3. The fraction of sp³-hybridized carbons (Fsp3) is 0.0899. The summed E-state index contributed by atoms with van der Waals surface area (Å²) < 4.78 is 26.6. The lowest BCUT2D eigenvalue weighted by Crippen LogP contribution is -2.10. The third-order valence-electron chi connectivity index (χ3n) is 18.9. The van der Waals surface area contributed by atoms with Crippen LogP contribution in [0.4, 0.5) is 0 Å². The number of hydrogen-bond donors (Lipinski definition) is 0. The van der Waals surface area contributed by atoms with Crippen molar-refractivity contribution in [3.05, 3.63) is 296 Å². The van der Waals surface area contributed by atoms with Crippen LogP contribution in [0.15, 0.2) is 298 Å². The Labute approximate surface area is 579 Å². The Morgan fingerprint density at radius 3 is 1.16 bits per heavy atom. The molecule has 13 aromatic carbocycles. The number of benzene rings is 13. The zero-order valence-electron chi connectivity index (χ0n) is 54.7. The molecule has 6 aromatic heterocycles. The maximum absolute atomic E-state index is 6.26. The molecule has 0 saturated heterocycles. The van der Waals surface area contributed by atoms with Crippen molar-refractivity contribution in [3.8, 4) is 78.9 Å². The van der Waals surface area contributed by atoms with Crippen molar-refractivity contribution in [1.82, 2.24) is 15.0 Å². The van der Waals surface area contributed by atoms with Gasteiger partial charge in [0.2, 0.25) is 17.7 Å². The van der Waals surface area contributed by atoms with Crippen molar-refractivity contribution < 1.29 is 13.3 Å². The van der Waals surface area contributed by atoms with Gasteiger partial charge in [0.25, 0.3) is 0 Å². The Balaban J connectivity index is 0.000000111. The van der Waals surface area contributed by atoms with E-state index in [1.807, 2.05) is 76.5 Å². The van der Waals surface area contributed by atoms with Crippen LogP contribution >= 0.6 is 34.0 Å². The van der Waals surface area contributed by atoms with Gasteiger partial charge >= 0.3 is 0 Å². The molecular formula is C89H65N3O3S3. The van der Waals surface area contributed by atoms with Gasteiger partial charge in [-0.05, 0) is 135 Å². The monoisotopic (exact) mass is 1320 g/mol. The lowest BCUT2D eigenvalue weighted by atomic mass is 9.86. The summed E-state index contributed by atoms with van der Waals surface area (Å²) in [6, 6.07) is 100. The SMILES string of the molecule is CC(C)(C)c1cccc2nc(-c3ccc(-c4cccc5c4sc4ccccc45)cc3)oc12.CCC(C)c1cccc2nc(-c3ccc(-c4cccc5c4sc4ccccc45)cc3)oc12.c1ccc(-c2cccc3oc(-c4ccc(-c5cccc6c5sc5ccccc56)cc4)nc23)cc1. The second-order valence-electron chi connectivity index (χ2n) is 26.1. The van der Waals surface area contributed by atoms with Gasteiger partial charge in [0.15, 0.2) is 16.7 Å². The van der Waals surface area contributed by atoms with E-state index in [4.69, 9.17) is 28.2 Å². The molecule has 0 N–H and O–H groups in total. The first kappa shape index (κ1) is 60.6. The lowest BCUT2D eigenvalue weighted by molar-refractivity contribution is 0.561. The fourth-order valence-electron chi connectivity index (χ4n) is 13.6. The number of rotatable bonds is 9. The average Bonchev–Trinajstić information content (AvgIpc) is 1.62. The van der Waals surface area contributed by atoms with E-state index in [0.29, 0.717) is 23.6 Å². The van der Waals surface area contributed by atoms with E-state index in [1.54, 1.807) is 0 Å². The Morgan fingerprint density at radius 2 is 0.694 bits per heavy atom. The molecule has 1 atom stereocenters. The molecule has 0 amide bonds. The topological polar surface area (TPSA) is 78.1 Å². The minimum Gasteiger partial charge on any atom is -0.436 e. The van der Waals surface area contributed by atoms with Crippen LogP contribution in [0.1, 0.15) is 58.1 Å². The van der Waals surface area contributed by atoms with E-state index < -0.39 is 0 Å². The van der Waals surface area contributed by atoms with Crippen molar-refractivity contribution in [1.29, 1.82) is 0 Å². The van der Waals surface area contributed by atoms with Crippen LogP contribution in [-0.2, 0) is 5.41 Å². The quantitative estimate of drug-likeness (QED) is 0.143. The minimum absolute atomic E-state index is 0.00308. The highest BCUT2D eigenvalue weighted by Crippen LogP contribution is 2.45. The predicted molar refractivity (Wildman–Crippen MR) is 416 cm³/mol. The van der Waals surface area contributed by atoms with Crippen LogP contribution in [0.25, 0.3) is 173 Å². The molecule has 0 aliphatic carbocycles. The van der Waals surface area contributed by atoms with Crippen molar-refractivity contribution in [2.75, 3.05) is 0 Å². The molecule has 0 bridgehead atoms. The highest BCUT2D eigenvalue weighted by molar-refractivity contribution is 7.27. The molecule has 472 valence electrons. The summed E-state index contributed by atoms with van der Waals surface area (Å²) in [5.74, 6) is 2.44. The summed E-state index contributed by atoms with van der Waals surface area (Å²) >= 11 is 5.58. The smallest absolute Gasteiger partial charge is 0.227 e. The molecule has 6 nitrogen and oxygen atoms in total. The van der Waals surface area contributed by atoms with Gasteiger partial charge in [-0.2, -0.15) is 0 Å². The van der Waals surface area contributed by atoms with Crippen LogP contribution in [0.3, 0.4) is 0 Å². The zero-order chi connectivity index (χ0) is 66.0. The summed E-state index contributed by atoms with van der Waals surface area (Å²) in [7, 11) is 0. The Bertz CT molecular complexity index is 6160. The molecule has 0 fully saturated rings. The van der Waals surface area contributed by atoms with E-state index in [-0.39, 0.29) is 5.41 Å². The molecule has 9 heteroatoms. The molecule has 19 rings (SSSR count). The minimum atomic E-state index is 0.00308. The molecule has 0 saturated carbocycles. The first-order valence-electron chi connectivity index (χ1n) is 33.3. The average molecular weight is 1320 g/mol. The van der Waals surface area contributed by atoms with Crippen LogP contribution in [-0.4, -0.2) is 15.0 Å². The summed E-state index contributed by atoms with van der Waals surface area (Å²) in [6.45, 7) is 11.0. The summed E-state index contributed by atoms with van der Waals surface area (Å²) in [5.41, 5.74) is 20.3. The molecule has 0 aliphatic rings.